The van der Waals surface area contributed by atoms with E-state index in [0.717, 1.165) is 12.1 Å². The van der Waals surface area contributed by atoms with Crippen molar-refractivity contribution in [2.45, 2.75) is 0 Å². The van der Waals surface area contributed by atoms with Gasteiger partial charge >= 0.3 is 0 Å². The molecule has 0 atom stereocenters. The number of nitro benzene ring substituents is 1. The van der Waals surface area contributed by atoms with Crippen LogP contribution in [0.5, 0.6) is 11.5 Å². The normalized spacial score (nSPS) is 10.0. The number of non-ortho nitro benzene ring substituents is 1. The fourth-order valence-corrected chi connectivity index (χ4v) is 1.88. The Bertz CT molecular complexity index is 741. The van der Waals surface area contributed by atoms with Crippen LogP contribution < -0.4 is 14.8 Å². The molecule has 0 aliphatic rings. The van der Waals surface area contributed by atoms with Crippen molar-refractivity contribution in [2.24, 2.45) is 0 Å². The van der Waals surface area contributed by atoms with Gasteiger partial charge in [0.25, 0.3) is 11.6 Å². The summed E-state index contributed by atoms with van der Waals surface area (Å²) in [6.07, 6.45) is 0. The van der Waals surface area contributed by atoms with E-state index in [-0.39, 0.29) is 5.56 Å². The number of rotatable bonds is 5. The van der Waals surface area contributed by atoms with E-state index in [0.29, 0.717) is 23.3 Å². The second kappa shape index (κ2) is 6.73. The average molecular weight is 320 g/mol. The second-order valence-electron chi connectivity index (χ2n) is 4.48. The minimum absolute atomic E-state index is 0.308. The Morgan fingerprint density at radius 3 is 2.22 bits per heavy atom. The molecule has 2 aromatic rings. The van der Waals surface area contributed by atoms with E-state index in [1.807, 2.05) is 0 Å². The molecule has 0 radical (unpaired) electrons. The molecule has 8 heteroatoms. The zero-order valence-electron chi connectivity index (χ0n) is 12.3. The van der Waals surface area contributed by atoms with Gasteiger partial charge in [-0.3, -0.25) is 14.9 Å². The Morgan fingerprint density at radius 2 is 1.74 bits per heavy atom. The van der Waals surface area contributed by atoms with Crippen molar-refractivity contribution in [3.05, 3.63) is 57.9 Å². The highest BCUT2D eigenvalue weighted by atomic mass is 19.1. The zero-order valence-corrected chi connectivity index (χ0v) is 12.3. The molecule has 0 aromatic heterocycles. The minimum atomic E-state index is -0.980. The monoisotopic (exact) mass is 320 g/mol. The molecule has 0 bridgehead atoms. The number of hydrogen-bond acceptors (Lipinski definition) is 5. The quantitative estimate of drug-likeness (QED) is 0.675. The van der Waals surface area contributed by atoms with Gasteiger partial charge in [0, 0.05) is 30.0 Å². The number of halogens is 1. The molecule has 2 aromatic carbocycles. The third kappa shape index (κ3) is 3.73. The summed E-state index contributed by atoms with van der Waals surface area (Å²) in [4.78, 5) is 22.0. The van der Waals surface area contributed by atoms with Crippen molar-refractivity contribution in [1.29, 1.82) is 0 Å². The predicted molar refractivity (Wildman–Crippen MR) is 80.6 cm³/mol. The van der Waals surface area contributed by atoms with Crippen LogP contribution in [-0.4, -0.2) is 25.1 Å². The van der Waals surface area contributed by atoms with Gasteiger partial charge in [-0.2, -0.15) is 0 Å². The molecule has 0 saturated heterocycles. The number of ether oxygens (including phenoxy) is 2. The van der Waals surface area contributed by atoms with Gasteiger partial charge in [0.05, 0.1) is 30.8 Å². The number of nitro groups is 1. The van der Waals surface area contributed by atoms with Crippen LogP contribution in [0.1, 0.15) is 10.4 Å². The molecular formula is C15H13FN2O5. The van der Waals surface area contributed by atoms with Crippen LogP contribution in [0.2, 0.25) is 0 Å². The predicted octanol–water partition coefficient (Wildman–Crippen LogP) is 3.00. The van der Waals surface area contributed by atoms with Crippen molar-refractivity contribution in [2.75, 3.05) is 19.5 Å². The number of methoxy groups -OCH3 is 2. The number of carbonyl (C=O) groups is 1. The molecule has 0 saturated carbocycles. The largest absolute Gasteiger partial charge is 0.497 e. The molecular weight excluding hydrogens is 307 g/mol. The van der Waals surface area contributed by atoms with Crippen molar-refractivity contribution in [3.8, 4) is 11.5 Å². The van der Waals surface area contributed by atoms with Crippen LogP contribution in [0, 0.1) is 15.9 Å². The molecule has 0 aliphatic carbocycles. The van der Waals surface area contributed by atoms with E-state index in [2.05, 4.69) is 5.32 Å². The first-order valence-electron chi connectivity index (χ1n) is 6.43. The molecule has 0 aliphatic heterocycles. The Balaban J connectivity index is 2.27. The van der Waals surface area contributed by atoms with Gasteiger partial charge in [0.1, 0.15) is 17.3 Å². The number of carbonyl (C=O) groups excluding carboxylic acids is 1. The van der Waals surface area contributed by atoms with Gasteiger partial charge in [-0.1, -0.05) is 0 Å². The Hall–Kier alpha value is -3.16. The number of benzene rings is 2. The lowest BCUT2D eigenvalue weighted by molar-refractivity contribution is -0.385. The van der Waals surface area contributed by atoms with E-state index < -0.39 is 22.3 Å². The van der Waals surface area contributed by atoms with Gasteiger partial charge in [-0.25, -0.2) is 4.39 Å². The van der Waals surface area contributed by atoms with Gasteiger partial charge in [-0.05, 0) is 6.07 Å². The molecule has 1 N–H and O–H groups in total. The first-order valence-corrected chi connectivity index (χ1v) is 6.43. The smallest absolute Gasteiger partial charge is 0.272 e. The number of anilines is 1. The van der Waals surface area contributed by atoms with E-state index in [9.17, 15) is 19.3 Å². The van der Waals surface area contributed by atoms with Crippen LogP contribution in [0.25, 0.3) is 0 Å². The highest BCUT2D eigenvalue weighted by Gasteiger charge is 2.17. The molecule has 7 nitrogen and oxygen atoms in total. The van der Waals surface area contributed by atoms with Crippen LogP contribution >= 0.6 is 0 Å². The van der Waals surface area contributed by atoms with E-state index in [1.165, 1.54) is 26.4 Å². The zero-order chi connectivity index (χ0) is 17.0. The Morgan fingerprint density at radius 1 is 1.13 bits per heavy atom. The molecule has 0 fully saturated rings. The summed E-state index contributed by atoms with van der Waals surface area (Å²) in [6, 6.07) is 7.49. The second-order valence-corrected chi connectivity index (χ2v) is 4.48. The maximum absolute atomic E-state index is 13.8. The van der Waals surface area contributed by atoms with Crippen LogP contribution in [0.15, 0.2) is 36.4 Å². The molecule has 0 heterocycles. The number of nitrogens with zero attached hydrogens (tertiary/aromatic N) is 1. The summed E-state index contributed by atoms with van der Waals surface area (Å²) in [5.74, 6) is -0.827. The first-order chi connectivity index (χ1) is 10.9. The molecule has 120 valence electrons. The fourth-order valence-electron chi connectivity index (χ4n) is 1.88. The van der Waals surface area contributed by atoms with E-state index in [1.54, 1.807) is 6.07 Å². The maximum atomic E-state index is 13.8. The summed E-state index contributed by atoms with van der Waals surface area (Å²) in [7, 11) is 2.91. The van der Waals surface area contributed by atoms with Gasteiger partial charge < -0.3 is 14.8 Å². The molecule has 0 unspecified atom stereocenters. The van der Waals surface area contributed by atoms with Crippen LogP contribution in [0.4, 0.5) is 15.8 Å². The summed E-state index contributed by atoms with van der Waals surface area (Å²) < 4.78 is 24.0. The molecule has 1 amide bonds. The van der Waals surface area contributed by atoms with Gasteiger partial charge in [-0.15, -0.1) is 0 Å². The average Bonchev–Trinajstić information content (AvgIpc) is 2.53. The Kier molecular flexibility index (Phi) is 4.75. The fraction of sp³-hybridized carbons (Fsp3) is 0.133. The first kappa shape index (κ1) is 16.2. The third-order valence-corrected chi connectivity index (χ3v) is 3.02. The van der Waals surface area contributed by atoms with E-state index in [4.69, 9.17) is 9.47 Å². The minimum Gasteiger partial charge on any atom is -0.497 e. The lowest BCUT2D eigenvalue weighted by Crippen LogP contribution is -2.14. The highest BCUT2D eigenvalue weighted by Crippen LogP contribution is 2.26. The SMILES string of the molecule is COc1cc(NC(=O)c2ccc([N+](=O)[O-])cc2F)cc(OC)c1. The standard InChI is InChI=1S/C15H13FN2O5/c1-22-11-5-9(6-12(8-11)23-2)17-15(19)13-4-3-10(18(20)21)7-14(13)16/h3-8H,1-2H3,(H,17,19). The van der Waals surface area contributed by atoms with Crippen molar-refractivity contribution in [1.82, 2.24) is 0 Å². The van der Waals surface area contributed by atoms with Crippen molar-refractivity contribution >= 4 is 17.3 Å². The summed E-state index contributed by atoms with van der Waals surface area (Å²) in [5, 5.41) is 13.1. The highest BCUT2D eigenvalue weighted by molar-refractivity contribution is 6.04. The van der Waals surface area contributed by atoms with E-state index >= 15 is 0 Å². The Labute approximate surface area is 130 Å². The third-order valence-electron chi connectivity index (χ3n) is 3.02. The van der Waals surface area contributed by atoms with Gasteiger partial charge in [0.2, 0.25) is 0 Å². The lowest BCUT2D eigenvalue weighted by Gasteiger charge is -2.10. The number of amides is 1. The summed E-state index contributed by atoms with van der Waals surface area (Å²) in [6.45, 7) is 0. The molecule has 2 rings (SSSR count). The maximum Gasteiger partial charge on any atom is 0.272 e. The number of hydrogen-bond donors (Lipinski definition) is 1. The van der Waals surface area contributed by atoms with Crippen LogP contribution in [0.3, 0.4) is 0 Å². The van der Waals surface area contributed by atoms with Crippen molar-refractivity contribution in [3.63, 3.8) is 0 Å². The van der Waals surface area contributed by atoms with Gasteiger partial charge in [0.15, 0.2) is 0 Å². The summed E-state index contributed by atoms with van der Waals surface area (Å²) >= 11 is 0. The molecule has 23 heavy (non-hydrogen) atoms. The topological polar surface area (TPSA) is 90.7 Å². The van der Waals surface area contributed by atoms with Crippen molar-refractivity contribution < 1.29 is 23.6 Å². The number of nitrogens with one attached hydrogen (secondary N) is 1. The lowest BCUT2D eigenvalue weighted by atomic mass is 10.1. The molecule has 0 spiro atoms. The van der Waals surface area contributed by atoms with Crippen LogP contribution in [-0.2, 0) is 0 Å². The summed E-state index contributed by atoms with van der Waals surface area (Å²) in [5.41, 5.74) is -0.400.